The maximum Gasteiger partial charge on any atom is 0.380 e. The molecule has 0 aliphatic heterocycles. The summed E-state index contributed by atoms with van der Waals surface area (Å²) in [5, 5.41) is 27.3. The molecular weight excluding hydrogens is 436 g/mol. The largest absolute Gasteiger partial charge is 0.563 e. The Balaban J connectivity index is 1.69. The van der Waals surface area contributed by atoms with Crippen molar-refractivity contribution >= 4 is 11.9 Å². The van der Waals surface area contributed by atoms with Crippen LogP contribution in [0.1, 0.15) is 84.9 Å². The van der Waals surface area contributed by atoms with Crippen molar-refractivity contribution in [3.05, 3.63) is 82.2 Å². The highest BCUT2D eigenvalue weighted by atomic mass is 16.7. The quantitative estimate of drug-likeness (QED) is 0.183. The van der Waals surface area contributed by atoms with E-state index >= 15 is 0 Å². The molecule has 0 aromatic heterocycles. The molecule has 0 atom stereocenters. The lowest BCUT2D eigenvalue weighted by Gasteiger charge is -2.35. The Kier molecular flexibility index (Phi) is 7.14. The van der Waals surface area contributed by atoms with Crippen molar-refractivity contribution in [2.24, 2.45) is 0 Å². The van der Waals surface area contributed by atoms with E-state index in [1.165, 1.54) is 0 Å². The second-order valence-corrected chi connectivity index (χ2v) is 9.07. The van der Waals surface area contributed by atoms with E-state index in [1.54, 1.807) is 60.7 Å². The van der Waals surface area contributed by atoms with E-state index < -0.39 is 23.4 Å². The number of hydrogen-bond acceptors (Lipinski definition) is 6. The number of carbonyl (C=O) groups excluding carboxylic acids is 2. The van der Waals surface area contributed by atoms with Crippen LogP contribution in [0.3, 0.4) is 0 Å². The first-order valence-electron chi connectivity index (χ1n) is 12.0. The molecule has 8 heteroatoms. The number of hydrogen-bond donors (Lipinski definition) is 0. The van der Waals surface area contributed by atoms with Crippen LogP contribution in [-0.2, 0) is 9.47 Å². The van der Waals surface area contributed by atoms with Gasteiger partial charge in [-0.05, 0) is 49.9 Å². The molecule has 0 spiro atoms. The Labute approximate surface area is 198 Å². The van der Waals surface area contributed by atoms with Gasteiger partial charge in [0.15, 0.2) is 0 Å². The minimum Gasteiger partial charge on any atom is -0.563 e. The third kappa shape index (κ3) is 4.90. The van der Waals surface area contributed by atoms with Crippen LogP contribution in [0.4, 0.5) is 0 Å². The van der Waals surface area contributed by atoms with Crippen LogP contribution in [0, 0.1) is 10.4 Å². The van der Waals surface area contributed by atoms with Gasteiger partial charge < -0.3 is 19.9 Å². The Hall–Kier alpha value is -3.42. The van der Waals surface area contributed by atoms with Crippen LogP contribution < -0.4 is 0 Å². The molecule has 2 aromatic carbocycles. The van der Waals surface area contributed by atoms with Gasteiger partial charge in [0.1, 0.15) is 0 Å². The SMILES string of the molecule is O=C(OC1(/[N+]([O-])=[N+](\[O-])C2(OC(=O)c3ccccc3)CCCCC2)CCCCC1)c1ccccc1. The number of nitrogens with zero attached hydrogens (tertiary/aromatic N) is 2. The number of ether oxygens (including phenoxy) is 2. The molecule has 0 heterocycles. The number of carbonyl (C=O) groups is 2. The van der Waals surface area contributed by atoms with Crippen molar-refractivity contribution < 1.29 is 28.8 Å². The second-order valence-electron chi connectivity index (χ2n) is 9.07. The first-order valence-corrected chi connectivity index (χ1v) is 12.0. The minimum atomic E-state index is -1.64. The van der Waals surface area contributed by atoms with Gasteiger partial charge in [-0.25, -0.2) is 9.59 Å². The summed E-state index contributed by atoms with van der Waals surface area (Å²) < 4.78 is 11.5. The molecule has 4 rings (SSSR count). The fourth-order valence-corrected chi connectivity index (χ4v) is 4.82. The zero-order chi connectivity index (χ0) is 24.0. The Morgan fingerprint density at radius 3 is 1.24 bits per heavy atom. The second kappa shape index (κ2) is 10.2. The van der Waals surface area contributed by atoms with Crippen molar-refractivity contribution in [1.82, 2.24) is 0 Å². The molecule has 0 radical (unpaired) electrons. The van der Waals surface area contributed by atoms with Crippen LogP contribution in [-0.4, -0.2) is 33.1 Å². The van der Waals surface area contributed by atoms with E-state index in [2.05, 4.69) is 0 Å². The summed E-state index contributed by atoms with van der Waals surface area (Å²) in [6, 6.07) is 16.8. The highest BCUT2D eigenvalue weighted by Crippen LogP contribution is 2.38. The number of azo groups is 1. The number of hydroxylamine groups is 2. The first kappa shape index (κ1) is 23.7. The number of esters is 2. The molecule has 2 aliphatic rings. The van der Waals surface area contributed by atoms with Crippen molar-refractivity contribution in [2.75, 3.05) is 0 Å². The molecule has 0 bridgehead atoms. The summed E-state index contributed by atoms with van der Waals surface area (Å²) in [7, 11) is 0. The summed E-state index contributed by atoms with van der Waals surface area (Å²) in [4.78, 5) is 26.2. The lowest BCUT2D eigenvalue weighted by molar-refractivity contribution is -1.05. The van der Waals surface area contributed by atoms with Gasteiger partial charge in [-0.2, -0.15) is 0 Å². The Morgan fingerprint density at radius 2 is 0.912 bits per heavy atom. The molecule has 0 amide bonds. The summed E-state index contributed by atoms with van der Waals surface area (Å²) in [6.07, 6.45) is 5.27. The lowest BCUT2D eigenvalue weighted by atomic mass is 9.91. The average Bonchev–Trinajstić information content (AvgIpc) is 2.90. The first-order chi connectivity index (χ1) is 16.5. The Bertz CT molecular complexity index is 942. The molecule has 2 aliphatic carbocycles. The maximum atomic E-state index is 13.7. The molecule has 180 valence electrons. The minimum absolute atomic E-state index is 0.233. The van der Waals surface area contributed by atoms with E-state index in [-0.39, 0.29) is 35.4 Å². The highest BCUT2D eigenvalue weighted by molar-refractivity contribution is 5.90. The highest BCUT2D eigenvalue weighted by Gasteiger charge is 2.56. The molecule has 8 nitrogen and oxygen atoms in total. The van der Waals surface area contributed by atoms with Gasteiger partial charge in [0.05, 0.1) is 46.5 Å². The van der Waals surface area contributed by atoms with Crippen molar-refractivity contribution in [2.45, 2.75) is 75.7 Å². The number of rotatable bonds is 6. The van der Waals surface area contributed by atoms with Gasteiger partial charge in [-0.1, -0.05) is 49.2 Å². The fourth-order valence-electron chi connectivity index (χ4n) is 4.82. The zero-order valence-electron chi connectivity index (χ0n) is 19.2. The van der Waals surface area contributed by atoms with E-state index in [1.807, 2.05) is 0 Å². The van der Waals surface area contributed by atoms with E-state index in [0.717, 1.165) is 12.8 Å². The monoisotopic (exact) mass is 466 g/mol. The summed E-state index contributed by atoms with van der Waals surface area (Å²) in [5.41, 5.74) is -2.67. The van der Waals surface area contributed by atoms with Crippen LogP contribution in [0.2, 0.25) is 0 Å². The average molecular weight is 467 g/mol. The van der Waals surface area contributed by atoms with E-state index in [4.69, 9.17) is 9.47 Å². The lowest BCUT2D eigenvalue weighted by Crippen LogP contribution is -2.55. The van der Waals surface area contributed by atoms with Crippen molar-refractivity contribution in [1.29, 1.82) is 0 Å². The molecule has 2 saturated carbocycles. The molecule has 0 N–H and O–H groups in total. The predicted molar refractivity (Wildman–Crippen MR) is 123 cm³/mol. The third-order valence-corrected chi connectivity index (χ3v) is 6.72. The van der Waals surface area contributed by atoms with Crippen LogP contribution >= 0.6 is 0 Å². The maximum absolute atomic E-state index is 13.7. The van der Waals surface area contributed by atoms with E-state index in [9.17, 15) is 20.0 Å². The van der Waals surface area contributed by atoms with Crippen molar-refractivity contribution in [3.63, 3.8) is 0 Å². The van der Waals surface area contributed by atoms with Gasteiger partial charge in [0.2, 0.25) is 0 Å². The molecule has 0 saturated heterocycles. The van der Waals surface area contributed by atoms with Gasteiger partial charge in [-0.15, -0.1) is 0 Å². The molecule has 34 heavy (non-hydrogen) atoms. The summed E-state index contributed by atoms with van der Waals surface area (Å²) in [6.45, 7) is 0. The molecule has 0 unspecified atom stereocenters. The van der Waals surface area contributed by atoms with E-state index in [0.29, 0.717) is 36.8 Å². The normalized spacial score (nSPS) is 20.0. The zero-order valence-corrected chi connectivity index (χ0v) is 19.2. The van der Waals surface area contributed by atoms with Crippen LogP contribution in [0.25, 0.3) is 0 Å². The summed E-state index contributed by atoms with van der Waals surface area (Å²) >= 11 is 0. The predicted octanol–water partition coefficient (Wildman–Crippen LogP) is 5.49. The van der Waals surface area contributed by atoms with Gasteiger partial charge >= 0.3 is 23.4 Å². The number of benzene rings is 2. The van der Waals surface area contributed by atoms with Crippen LogP contribution in [0.5, 0.6) is 0 Å². The summed E-state index contributed by atoms with van der Waals surface area (Å²) in [5.74, 6) is -1.31. The molecule has 2 fully saturated rings. The standard InChI is InChI=1S/C26H30N2O6/c29-23(21-13-5-1-6-14-21)33-25(17-9-3-10-18-25)27(31)28(32)26(19-11-4-12-20-26)34-24(30)22-15-7-2-8-16-22/h1-2,5-8,13-16H,3-4,9-12,17-20H2/b28-27+. The van der Waals surface area contributed by atoms with Gasteiger partial charge in [0.25, 0.3) is 0 Å². The third-order valence-electron chi connectivity index (χ3n) is 6.72. The fraction of sp³-hybridized carbons (Fsp3) is 0.462. The smallest absolute Gasteiger partial charge is 0.380 e. The molecule has 2 aromatic rings. The topological polar surface area (TPSA) is 105 Å². The van der Waals surface area contributed by atoms with Gasteiger partial charge in [0, 0.05) is 0 Å². The van der Waals surface area contributed by atoms with Crippen molar-refractivity contribution in [3.8, 4) is 0 Å². The van der Waals surface area contributed by atoms with Crippen LogP contribution in [0.15, 0.2) is 60.7 Å². The van der Waals surface area contributed by atoms with Gasteiger partial charge in [-0.3, -0.25) is 0 Å². The Morgan fingerprint density at radius 1 is 0.588 bits per heavy atom. The molecular formula is C26H30N2O6.